The monoisotopic (exact) mass is 350 g/mol. The fraction of sp³-hybridized carbons (Fsp3) is 0.714. The summed E-state index contributed by atoms with van der Waals surface area (Å²) in [7, 11) is -3.39. The Hall–Kier alpha value is -0.140. The summed E-state index contributed by atoms with van der Waals surface area (Å²) >= 11 is 6.99. The van der Waals surface area contributed by atoms with Crippen molar-refractivity contribution in [3.8, 4) is 0 Å². The van der Waals surface area contributed by atoms with Crippen molar-refractivity contribution in [3.05, 3.63) is 16.5 Å². The highest BCUT2D eigenvalue weighted by Gasteiger charge is 2.31. The van der Waals surface area contributed by atoms with Crippen molar-refractivity contribution in [3.63, 3.8) is 0 Å². The molecule has 1 aliphatic heterocycles. The van der Waals surface area contributed by atoms with Crippen molar-refractivity contribution in [1.82, 2.24) is 9.62 Å². The normalized spacial score (nSPS) is 21.6. The minimum atomic E-state index is -3.39. The number of sulfonamides is 1. The molecule has 7 heteroatoms. The lowest BCUT2D eigenvalue weighted by atomic mass is 9.98. The van der Waals surface area contributed by atoms with Gasteiger partial charge in [0.05, 0.1) is 4.34 Å². The van der Waals surface area contributed by atoms with Gasteiger partial charge in [-0.3, -0.25) is 0 Å². The Morgan fingerprint density at radius 2 is 2.14 bits per heavy atom. The van der Waals surface area contributed by atoms with Gasteiger partial charge in [0.25, 0.3) is 10.0 Å². The van der Waals surface area contributed by atoms with Gasteiger partial charge in [-0.1, -0.05) is 11.6 Å². The molecule has 4 nitrogen and oxygen atoms in total. The summed E-state index contributed by atoms with van der Waals surface area (Å²) in [5.41, 5.74) is 0.0580. The van der Waals surface area contributed by atoms with E-state index in [0.29, 0.717) is 27.6 Å². The molecule has 120 valence electrons. The third-order valence-electron chi connectivity index (χ3n) is 3.55. The fourth-order valence-corrected chi connectivity index (χ4v) is 5.62. The molecular weight excluding hydrogens is 328 g/mol. The van der Waals surface area contributed by atoms with Crippen LogP contribution < -0.4 is 5.32 Å². The number of nitrogens with one attached hydrogen (secondary N) is 1. The Kier molecular flexibility index (Phi) is 5.36. The average molecular weight is 351 g/mol. The number of hydrogen-bond donors (Lipinski definition) is 1. The molecule has 0 spiro atoms. The Bertz CT molecular complexity index is 578. The summed E-state index contributed by atoms with van der Waals surface area (Å²) in [5.74, 6) is 0.364. The second-order valence-corrected chi connectivity index (χ2v) is 10.4. The number of nitrogens with zero attached hydrogens (tertiary/aromatic N) is 1. The van der Waals surface area contributed by atoms with Gasteiger partial charge in [-0.05, 0) is 58.2 Å². The Balaban J connectivity index is 2.03. The van der Waals surface area contributed by atoms with E-state index in [4.69, 9.17) is 11.6 Å². The summed E-state index contributed by atoms with van der Waals surface area (Å²) in [4.78, 5) is 0. The SMILES string of the molecule is CC(C)(C)NCC1CCCN(S(=O)(=O)c2ccc(Cl)s2)C1. The molecule has 1 saturated heterocycles. The van der Waals surface area contributed by atoms with Gasteiger partial charge in [0.2, 0.25) is 0 Å². The minimum absolute atomic E-state index is 0.0580. The first-order valence-corrected chi connectivity index (χ1v) is 9.82. The third kappa shape index (κ3) is 4.66. The molecule has 0 amide bonds. The highest BCUT2D eigenvalue weighted by Crippen LogP contribution is 2.30. The van der Waals surface area contributed by atoms with Crippen LogP contribution >= 0.6 is 22.9 Å². The average Bonchev–Trinajstić information content (AvgIpc) is 2.83. The van der Waals surface area contributed by atoms with E-state index in [2.05, 4.69) is 26.1 Å². The van der Waals surface area contributed by atoms with E-state index in [0.717, 1.165) is 30.7 Å². The largest absolute Gasteiger partial charge is 0.312 e. The van der Waals surface area contributed by atoms with Crippen molar-refractivity contribution in [1.29, 1.82) is 0 Å². The van der Waals surface area contributed by atoms with Crippen molar-refractivity contribution in [2.75, 3.05) is 19.6 Å². The van der Waals surface area contributed by atoms with Crippen LogP contribution in [0.5, 0.6) is 0 Å². The van der Waals surface area contributed by atoms with Crippen molar-refractivity contribution < 1.29 is 8.42 Å². The Labute approximate surface area is 136 Å². The molecule has 1 aliphatic rings. The van der Waals surface area contributed by atoms with Gasteiger partial charge < -0.3 is 5.32 Å². The summed E-state index contributed by atoms with van der Waals surface area (Å²) in [6.45, 7) is 8.40. The first kappa shape index (κ1) is 17.2. The van der Waals surface area contributed by atoms with Crippen LogP contribution in [-0.2, 0) is 10.0 Å². The molecule has 1 unspecified atom stereocenters. The zero-order chi connectivity index (χ0) is 15.7. The van der Waals surface area contributed by atoms with Crippen LogP contribution in [0, 0.1) is 5.92 Å². The van der Waals surface area contributed by atoms with Crippen molar-refractivity contribution in [2.45, 2.75) is 43.4 Å². The summed E-state index contributed by atoms with van der Waals surface area (Å²) in [6, 6.07) is 3.24. The Morgan fingerprint density at radius 3 is 2.71 bits per heavy atom. The second-order valence-electron chi connectivity index (χ2n) is 6.56. The van der Waals surface area contributed by atoms with E-state index in [1.165, 1.54) is 0 Å². The molecule has 0 radical (unpaired) electrons. The molecule has 2 heterocycles. The molecule has 1 aromatic heterocycles. The summed E-state index contributed by atoms with van der Waals surface area (Å²) in [6.07, 6.45) is 1.98. The fourth-order valence-electron chi connectivity index (χ4n) is 2.43. The first-order valence-electron chi connectivity index (χ1n) is 7.19. The predicted octanol–water partition coefficient (Wildman–Crippen LogP) is 3.19. The number of thiophene rings is 1. The third-order valence-corrected chi connectivity index (χ3v) is 7.11. The maximum atomic E-state index is 12.6. The van der Waals surface area contributed by atoms with E-state index in [9.17, 15) is 8.42 Å². The molecule has 1 N–H and O–H groups in total. The standard InChI is InChI=1S/C14H23ClN2O2S2/c1-14(2,3)16-9-11-5-4-8-17(10-11)21(18,19)13-7-6-12(15)20-13/h6-7,11,16H,4-5,8-10H2,1-3H3. The van der Waals surface area contributed by atoms with Crippen molar-refractivity contribution in [2.24, 2.45) is 5.92 Å². The number of hydrogen-bond acceptors (Lipinski definition) is 4. The van der Waals surface area contributed by atoms with E-state index in [1.54, 1.807) is 16.4 Å². The molecule has 0 aromatic carbocycles. The molecule has 1 aromatic rings. The molecule has 0 saturated carbocycles. The van der Waals surface area contributed by atoms with Crippen LogP contribution in [0.25, 0.3) is 0 Å². The van der Waals surface area contributed by atoms with Gasteiger partial charge in [-0.25, -0.2) is 8.42 Å². The van der Waals surface area contributed by atoms with Gasteiger partial charge in [0, 0.05) is 18.6 Å². The van der Waals surface area contributed by atoms with Crippen LogP contribution in [0.4, 0.5) is 0 Å². The maximum absolute atomic E-state index is 12.6. The summed E-state index contributed by atoms with van der Waals surface area (Å²) in [5, 5.41) is 3.47. The predicted molar refractivity (Wildman–Crippen MR) is 88.6 cm³/mol. The van der Waals surface area contributed by atoms with E-state index < -0.39 is 10.0 Å². The van der Waals surface area contributed by atoms with Gasteiger partial charge in [-0.2, -0.15) is 4.31 Å². The van der Waals surface area contributed by atoms with Crippen LogP contribution in [0.1, 0.15) is 33.6 Å². The van der Waals surface area contributed by atoms with Gasteiger partial charge in [0.15, 0.2) is 0 Å². The number of rotatable bonds is 4. The van der Waals surface area contributed by atoms with Gasteiger partial charge in [-0.15, -0.1) is 11.3 Å². The first-order chi connectivity index (χ1) is 9.68. The van der Waals surface area contributed by atoms with Crippen LogP contribution in [0.15, 0.2) is 16.3 Å². The van der Waals surface area contributed by atoms with Gasteiger partial charge >= 0.3 is 0 Å². The zero-order valence-electron chi connectivity index (χ0n) is 12.7. The lowest BCUT2D eigenvalue weighted by molar-refractivity contribution is 0.245. The number of halogens is 1. The second kappa shape index (κ2) is 6.54. The summed E-state index contributed by atoms with van der Waals surface area (Å²) < 4.78 is 27.7. The lowest BCUT2D eigenvalue weighted by Crippen LogP contribution is -2.46. The maximum Gasteiger partial charge on any atom is 0.252 e. The Morgan fingerprint density at radius 1 is 1.43 bits per heavy atom. The van der Waals surface area contributed by atoms with Crippen LogP contribution in [-0.4, -0.2) is 37.9 Å². The smallest absolute Gasteiger partial charge is 0.252 e. The van der Waals surface area contributed by atoms with E-state index in [-0.39, 0.29) is 5.54 Å². The van der Waals surface area contributed by atoms with E-state index >= 15 is 0 Å². The lowest BCUT2D eigenvalue weighted by Gasteiger charge is -2.33. The minimum Gasteiger partial charge on any atom is -0.312 e. The highest BCUT2D eigenvalue weighted by atomic mass is 35.5. The molecule has 0 bridgehead atoms. The topological polar surface area (TPSA) is 49.4 Å². The van der Waals surface area contributed by atoms with Gasteiger partial charge in [0.1, 0.15) is 4.21 Å². The zero-order valence-corrected chi connectivity index (χ0v) is 15.1. The van der Waals surface area contributed by atoms with Crippen molar-refractivity contribution >= 4 is 33.0 Å². The number of piperidine rings is 1. The molecule has 1 atom stereocenters. The quantitative estimate of drug-likeness (QED) is 0.907. The van der Waals surface area contributed by atoms with E-state index in [1.807, 2.05) is 0 Å². The molecule has 21 heavy (non-hydrogen) atoms. The van der Waals surface area contributed by atoms with Crippen LogP contribution in [0.2, 0.25) is 4.34 Å². The molecule has 1 fully saturated rings. The molecular formula is C14H23ClN2O2S2. The molecule has 0 aliphatic carbocycles. The van der Waals surface area contributed by atoms with Crippen LogP contribution in [0.3, 0.4) is 0 Å². The highest BCUT2D eigenvalue weighted by molar-refractivity contribution is 7.91. The molecule has 2 rings (SSSR count).